The van der Waals surface area contributed by atoms with Crippen LogP contribution in [0.25, 0.3) is 0 Å². The third-order valence-corrected chi connectivity index (χ3v) is 6.54. The maximum absolute atomic E-state index is 13.2. The fourth-order valence-corrected chi connectivity index (χ4v) is 4.21. The summed E-state index contributed by atoms with van der Waals surface area (Å²) in [6, 6.07) is 14.1. The minimum Gasteiger partial charge on any atom is -0.489 e. The number of benzene rings is 2. The first-order chi connectivity index (χ1) is 22.0. The first-order valence-corrected chi connectivity index (χ1v) is 14.6. The Morgan fingerprint density at radius 3 is 2.38 bits per heavy atom. The summed E-state index contributed by atoms with van der Waals surface area (Å²) in [6.07, 6.45) is 1.48. The molecule has 2 aromatic carbocycles. The second kappa shape index (κ2) is 18.5. The van der Waals surface area contributed by atoms with Gasteiger partial charge in [0.1, 0.15) is 31.3 Å². The van der Waals surface area contributed by atoms with Crippen molar-refractivity contribution in [1.29, 1.82) is 0 Å². The smallest absolute Gasteiger partial charge is 0.291 e. The Hall–Kier alpha value is -4.32. The second-order valence-electron chi connectivity index (χ2n) is 9.85. The van der Waals surface area contributed by atoms with E-state index in [1.807, 2.05) is 30.3 Å². The first-order valence-electron chi connectivity index (χ1n) is 14.6. The van der Waals surface area contributed by atoms with Crippen LogP contribution in [0.3, 0.4) is 0 Å². The van der Waals surface area contributed by atoms with Gasteiger partial charge in [0.25, 0.3) is 11.8 Å². The molecule has 0 radical (unpaired) electrons. The molecule has 1 atom stereocenters. The molecule has 1 aliphatic heterocycles. The molecule has 3 aromatic rings. The number of fused-ring (bicyclic) bond motifs is 1. The number of anilines is 1. The monoisotopic (exact) mass is 621 g/mol. The minimum atomic E-state index is -0.923. The number of nitrogens with one attached hydrogen (secondary N) is 1. The van der Waals surface area contributed by atoms with Gasteiger partial charge in [-0.25, -0.2) is 9.67 Å². The predicted octanol–water partition coefficient (Wildman–Crippen LogP) is 1.54. The van der Waals surface area contributed by atoms with Crippen LogP contribution in [0.4, 0.5) is 5.69 Å². The molecule has 0 saturated heterocycles. The molecule has 0 bridgehead atoms. The van der Waals surface area contributed by atoms with E-state index in [0.717, 1.165) is 5.56 Å². The van der Waals surface area contributed by atoms with Crippen LogP contribution in [-0.2, 0) is 35.0 Å². The van der Waals surface area contributed by atoms with Gasteiger partial charge in [0.2, 0.25) is 5.82 Å². The molecule has 13 nitrogen and oxygen atoms in total. The molecular formula is C32H39N5O8. The molecule has 2 heterocycles. The Labute approximate surface area is 262 Å². The summed E-state index contributed by atoms with van der Waals surface area (Å²) < 4.78 is 34.1. The van der Waals surface area contributed by atoms with E-state index < -0.39 is 11.9 Å². The largest absolute Gasteiger partial charge is 0.489 e. The number of aromatic nitrogens is 3. The van der Waals surface area contributed by atoms with Crippen molar-refractivity contribution in [2.24, 2.45) is 0 Å². The normalized spacial score (nSPS) is 14.2. The standard InChI is InChI=1S/C32H39N5O8/c1-36-28-21-25(9-6-12-41-15-16-43-19-20-44-18-17-42-14-13-40-2)10-11-29(28)45-23-27(32(36)39)34-31(38)30-33-24-37(35-30)22-26-7-4-3-5-8-26/h3-5,7-8,10-11,21,24,27H,12-20,22-23H2,1-2H3,(H,34,38)/t27-/m0/s1. The number of ether oxygens (including phenoxy) is 6. The van der Waals surface area contributed by atoms with E-state index in [4.69, 9.17) is 28.4 Å². The molecule has 240 valence electrons. The lowest BCUT2D eigenvalue weighted by Crippen LogP contribution is -2.49. The van der Waals surface area contributed by atoms with Crippen molar-refractivity contribution in [2.45, 2.75) is 12.6 Å². The number of hydrogen-bond acceptors (Lipinski definition) is 10. The molecule has 0 unspecified atom stereocenters. The molecule has 1 aliphatic rings. The van der Waals surface area contributed by atoms with Crippen LogP contribution in [0.2, 0.25) is 0 Å². The van der Waals surface area contributed by atoms with E-state index in [1.165, 1.54) is 11.2 Å². The van der Waals surface area contributed by atoms with Gasteiger partial charge in [-0.2, -0.15) is 0 Å². The van der Waals surface area contributed by atoms with Crippen LogP contribution in [0.5, 0.6) is 5.75 Å². The maximum atomic E-state index is 13.2. The van der Waals surface area contributed by atoms with Crippen molar-refractivity contribution < 1.29 is 38.0 Å². The second-order valence-corrected chi connectivity index (χ2v) is 9.85. The fraction of sp³-hybridized carbons (Fsp3) is 0.438. The Balaban J connectivity index is 1.17. The molecule has 45 heavy (non-hydrogen) atoms. The summed E-state index contributed by atoms with van der Waals surface area (Å²) in [7, 11) is 3.26. The zero-order valence-electron chi connectivity index (χ0n) is 25.6. The minimum absolute atomic E-state index is 0.0286. The van der Waals surface area contributed by atoms with Gasteiger partial charge in [-0.1, -0.05) is 42.2 Å². The number of nitrogens with zero attached hydrogens (tertiary/aromatic N) is 4. The van der Waals surface area contributed by atoms with Gasteiger partial charge in [0, 0.05) is 19.7 Å². The molecule has 2 amide bonds. The summed E-state index contributed by atoms with van der Waals surface area (Å²) in [6.45, 7) is 4.61. The summed E-state index contributed by atoms with van der Waals surface area (Å²) in [5.74, 6) is 5.59. The van der Waals surface area contributed by atoms with Gasteiger partial charge in [-0.3, -0.25) is 9.59 Å². The van der Waals surface area contributed by atoms with E-state index in [1.54, 1.807) is 37.0 Å². The molecule has 1 aromatic heterocycles. The highest BCUT2D eigenvalue weighted by atomic mass is 16.6. The van der Waals surface area contributed by atoms with Gasteiger partial charge < -0.3 is 38.6 Å². The summed E-state index contributed by atoms with van der Waals surface area (Å²) in [5.41, 5.74) is 2.26. The van der Waals surface area contributed by atoms with Crippen molar-refractivity contribution in [1.82, 2.24) is 20.1 Å². The van der Waals surface area contributed by atoms with Crippen LogP contribution >= 0.6 is 0 Å². The Kier molecular flexibility index (Phi) is 13.8. The molecule has 1 N–H and O–H groups in total. The van der Waals surface area contributed by atoms with Crippen LogP contribution in [0, 0.1) is 11.8 Å². The van der Waals surface area contributed by atoms with Crippen LogP contribution in [0.1, 0.15) is 21.7 Å². The van der Waals surface area contributed by atoms with Crippen molar-refractivity contribution >= 4 is 17.5 Å². The number of hydrogen-bond donors (Lipinski definition) is 1. The molecule has 0 fully saturated rings. The summed E-state index contributed by atoms with van der Waals surface area (Å²) in [5, 5.41) is 6.95. The van der Waals surface area contributed by atoms with Crippen molar-refractivity contribution in [2.75, 3.05) is 85.1 Å². The lowest BCUT2D eigenvalue weighted by atomic mass is 10.1. The van der Waals surface area contributed by atoms with Crippen molar-refractivity contribution in [3.05, 3.63) is 71.8 Å². The fourth-order valence-electron chi connectivity index (χ4n) is 4.21. The lowest BCUT2D eigenvalue weighted by Gasteiger charge is -2.20. The highest BCUT2D eigenvalue weighted by Crippen LogP contribution is 2.31. The van der Waals surface area contributed by atoms with Gasteiger partial charge in [-0.05, 0) is 23.8 Å². The first kappa shape index (κ1) is 33.6. The summed E-state index contributed by atoms with van der Waals surface area (Å²) >= 11 is 0. The van der Waals surface area contributed by atoms with E-state index in [-0.39, 0.29) is 24.9 Å². The summed E-state index contributed by atoms with van der Waals surface area (Å²) in [4.78, 5) is 31.7. The average molecular weight is 622 g/mol. The van der Waals surface area contributed by atoms with E-state index >= 15 is 0 Å². The Morgan fingerprint density at radius 1 is 0.978 bits per heavy atom. The zero-order chi connectivity index (χ0) is 31.7. The third kappa shape index (κ3) is 11.0. The van der Waals surface area contributed by atoms with Crippen LogP contribution in [-0.4, -0.2) is 113 Å². The number of carbonyl (C=O) groups is 2. The Morgan fingerprint density at radius 2 is 1.67 bits per heavy atom. The van der Waals surface area contributed by atoms with Gasteiger partial charge in [0.05, 0.1) is 65.1 Å². The molecule has 13 heteroatoms. The Bertz CT molecular complexity index is 1420. The predicted molar refractivity (Wildman–Crippen MR) is 164 cm³/mol. The van der Waals surface area contributed by atoms with Gasteiger partial charge in [-0.15, -0.1) is 5.10 Å². The van der Waals surface area contributed by atoms with Crippen molar-refractivity contribution in [3.63, 3.8) is 0 Å². The highest BCUT2D eigenvalue weighted by Gasteiger charge is 2.31. The van der Waals surface area contributed by atoms with E-state index in [2.05, 4.69) is 27.2 Å². The maximum Gasteiger partial charge on any atom is 0.291 e. The number of likely N-dealkylation sites (N-methyl/N-ethyl adjacent to an activating group) is 1. The molecular weight excluding hydrogens is 582 g/mol. The zero-order valence-corrected chi connectivity index (χ0v) is 25.6. The average Bonchev–Trinajstić information content (AvgIpc) is 3.49. The number of rotatable bonds is 17. The topological polar surface area (TPSA) is 136 Å². The van der Waals surface area contributed by atoms with E-state index in [9.17, 15) is 9.59 Å². The van der Waals surface area contributed by atoms with Gasteiger partial charge >= 0.3 is 0 Å². The van der Waals surface area contributed by atoms with Crippen LogP contribution in [0.15, 0.2) is 54.9 Å². The quantitative estimate of drug-likeness (QED) is 0.175. The SMILES string of the molecule is COCCOCCOCCOCCOCC#Cc1ccc2c(c1)N(C)C(=O)[C@@H](NC(=O)c1ncn(Cc3ccccc3)n1)CO2. The number of amides is 2. The molecule has 4 rings (SSSR count). The molecule has 0 spiro atoms. The van der Waals surface area contributed by atoms with Gasteiger partial charge in [0.15, 0.2) is 0 Å². The molecule has 0 aliphatic carbocycles. The molecule has 0 saturated carbocycles. The number of carbonyl (C=O) groups excluding carboxylic acids is 2. The van der Waals surface area contributed by atoms with Crippen molar-refractivity contribution in [3.8, 4) is 17.6 Å². The van der Waals surface area contributed by atoms with Crippen LogP contribution < -0.4 is 15.0 Å². The highest BCUT2D eigenvalue weighted by molar-refractivity contribution is 6.02. The van der Waals surface area contributed by atoms with E-state index in [0.29, 0.717) is 76.4 Å². The number of methoxy groups -OCH3 is 1. The lowest BCUT2D eigenvalue weighted by molar-refractivity contribution is -0.120. The third-order valence-electron chi connectivity index (χ3n) is 6.54.